The molecule has 0 aliphatic rings. The number of esters is 1. The third-order valence-electron chi connectivity index (χ3n) is 4.59. The van der Waals surface area contributed by atoms with Gasteiger partial charge in [0.05, 0.1) is 23.2 Å². The van der Waals surface area contributed by atoms with Crippen molar-refractivity contribution in [3.05, 3.63) is 59.2 Å². The Balaban J connectivity index is 1.85. The Morgan fingerprint density at radius 2 is 1.90 bits per heavy atom. The lowest BCUT2D eigenvalue weighted by molar-refractivity contribution is 0.0526. The number of carbonyl (C=O) groups is 1. The van der Waals surface area contributed by atoms with Gasteiger partial charge in [-0.15, -0.1) is 0 Å². The summed E-state index contributed by atoms with van der Waals surface area (Å²) in [7, 11) is 0. The average Bonchev–Trinajstić information content (AvgIpc) is 3.07. The van der Waals surface area contributed by atoms with Gasteiger partial charge in [-0.05, 0) is 51.0 Å². The van der Waals surface area contributed by atoms with Gasteiger partial charge in [0.25, 0.3) is 0 Å². The molecule has 5 nitrogen and oxygen atoms in total. The second-order valence-electron chi connectivity index (χ2n) is 6.79. The van der Waals surface area contributed by atoms with Gasteiger partial charge in [-0.3, -0.25) is 0 Å². The van der Waals surface area contributed by atoms with Crippen molar-refractivity contribution in [3.63, 3.8) is 0 Å². The number of thioether (sulfide) groups is 1. The molecule has 0 unspecified atom stereocenters. The molecule has 0 saturated heterocycles. The van der Waals surface area contributed by atoms with E-state index >= 15 is 0 Å². The van der Waals surface area contributed by atoms with Gasteiger partial charge in [-0.1, -0.05) is 41.6 Å². The summed E-state index contributed by atoms with van der Waals surface area (Å²) in [6, 6.07) is 14.2. The first-order valence-electron chi connectivity index (χ1n) is 10.1. The average molecular weight is 413 g/mol. The van der Waals surface area contributed by atoms with Crippen LogP contribution in [0.2, 0.25) is 0 Å². The van der Waals surface area contributed by atoms with Crippen molar-refractivity contribution in [2.24, 2.45) is 0 Å². The zero-order chi connectivity index (χ0) is 20.6. The molecule has 6 heteroatoms. The molecule has 0 spiro atoms. The number of rotatable bonds is 10. The van der Waals surface area contributed by atoms with Crippen molar-refractivity contribution < 1.29 is 14.3 Å². The molecular formula is C23H28N2O3S. The number of hydrogen-bond acceptors (Lipinski definition) is 5. The Hall–Kier alpha value is -2.31. The quantitative estimate of drug-likeness (QED) is 0.259. The minimum Gasteiger partial charge on any atom is -0.462 e. The van der Waals surface area contributed by atoms with E-state index in [0.29, 0.717) is 12.2 Å². The van der Waals surface area contributed by atoms with Gasteiger partial charge in [-0.25, -0.2) is 9.78 Å². The number of aryl methyl sites for hydroxylation is 2. The van der Waals surface area contributed by atoms with Gasteiger partial charge >= 0.3 is 5.97 Å². The van der Waals surface area contributed by atoms with Gasteiger partial charge in [0.1, 0.15) is 0 Å². The van der Waals surface area contributed by atoms with Crippen LogP contribution in [0.3, 0.4) is 0 Å². The number of carbonyl (C=O) groups excluding carboxylic acids is 1. The number of hydrogen-bond donors (Lipinski definition) is 0. The smallest absolute Gasteiger partial charge is 0.338 e. The Labute approximate surface area is 176 Å². The molecule has 2 aromatic carbocycles. The van der Waals surface area contributed by atoms with E-state index < -0.39 is 0 Å². The summed E-state index contributed by atoms with van der Waals surface area (Å²) in [5.74, 6) is 0.536. The monoisotopic (exact) mass is 412 g/mol. The fourth-order valence-corrected chi connectivity index (χ4v) is 4.07. The van der Waals surface area contributed by atoms with Crippen LogP contribution in [0.5, 0.6) is 0 Å². The predicted molar refractivity (Wildman–Crippen MR) is 118 cm³/mol. The van der Waals surface area contributed by atoms with Gasteiger partial charge in [0, 0.05) is 25.5 Å². The first-order valence-corrected chi connectivity index (χ1v) is 11.0. The summed E-state index contributed by atoms with van der Waals surface area (Å²) in [5, 5.41) is 0.957. The maximum atomic E-state index is 12.1. The van der Waals surface area contributed by atoms with Crippen molar-refractivity contribution in [1.82, 2.24) is 9.55 Å². The highest BCUT2D eigenvalue weighted by molar-refractivity contribution is 7.98. The number of ether oxygens (including phenoxy) is 2. The summed E-state index contributed by atoms with van der Waals surface area (Å²) >= 11 is 1.71. The highest BCUT2D eigenvalue weighted by Gasteiger charge is 2.15. The third kappa shape index (κ3) is 5.61. The van der Waals surface area contributed by atoms with Crippen LogP contribution in [0.25, 0.3) is 11.0 Å². The van der Waals surface area contributed by atoms with E-state index in [1.54, 1.807) is 11.8 Å². The molecule has 0 saturated carbocycles. The zero-order valence-corrected chi connectivity index (χ0v) is 18.1. The molecule has 0 aliphatic heterocycles. The molecule has 0 N–H and O–H groups in total. The van der Waals surface area contributed by atoms with E-state index in [1.165, 1.54) is 11.1 Å². The third-order valence-corrected chi connectivity index (χ3v) is 5.63. The fourth-order valence-electron chi connectivity index (χ4n) is 3.08. The van der Waals surface area contributed by atoms with Crippen molar-refractivity contribution in [2.75, 3.05) is 19.8 Å². The summed E-state index contributed by atoms with van der Waals surface area (Å²) < 4.78 is 12.8. The molecule has 0 bridgehead atoms. The van der Waals surface area contributed by atoms with Crippen LogP contribution in [0.4, 0.5) is 0 Å². The van der Waals surface area contributed by atoms with E-state index in [4.69, 9.17) is 14.5 Å². The lowest BCUT2D eigenvalue weighted by Crippen LogP contribution is -2.05. The molecule has 0 radical (unpaired) electrons. The summed E-state index contributed by atoms with van der Waals surface area (Å²) in [6.07, 6.45) is 0.914. The topological polar surface area (TPSA) is 53.4 Å². The molecule has 0 aliphatic carbocycles. The van der Waals surface area contributed by atoms with Gasteiger partial charge in [-0.2, -0.15) is 0 Å². The molecule has 0 fully saturated rings. The molecule has 1 heterocycles. The Kier molecular flexibility index (Phi) is 7.72. The molecule has 154 valence electrons. The van der Waals surface area contributed by atoms with E-state index in [0.717, 1.165) is 48.1 Å². The normalized spacial score (nSPS) is 11.1. The minimum atomic E-state index is -0.311. The first-order chi connectivity index (χ1) is 14.1. The number of benzene rings is 2. The summed E-state index contributed by atoms with van der Waals surface area (Å²) in [4.78, 5) is 16.9. The number of imidazole rings is 1. The minimum absolute atomic E-state index is 0.311. The second-order valence-corrected chi connectivity index (χ2v) is 7.74. The second kappa shape index (κ2) is 10.5. The zero-order valence-electron chi connectivity index (χ0n) is 17.3. The van der Waals surface area contributed by atoms with E-state index in [-0.39, 0.29) is 5.97 Å². The molecule has 3 aromatic rings. The van der Waals surface area contributed by atoms with Crippen molar-refractivity contribution in [3.8, 4) is 0 Å². The van der Waals surface area contributed by atoms with Gasteiger partial charge in [0.15, 0.2) is 5.16 Å². The lowest BCUT2D eigenvalue weighted by Gasteiger charge is -2.09. The summed E-state index contributed by atoms with van der Waals surface area (Å²) in [5.41, 5.74) is 4.90. The van der Waals surface area contributed by atoms with Crippen molar-refractivity contribution in [1.29, 1.82) is 0 Å². The van der Waals surface area contributed by atoms with Crippen LogP contribution in [0.1, 0.15) is 41.8 Å². The van der Waals surface area contributed by atoms with Crippen LogP contribution >= 0.6 is 11.8 Å². The van der Waals surface area contributed by atoms with E-state index in [9.17, 15) is 4.79 Å². The van der Waals surface area contributed by atoms with Crippen LogP contribution in [-0.2, 0) is 21.8 Å². The van der Waals surface area contributed by atoms with E-state index in [1.807, 2.05) is 32.0 Å². The van der Waals surface area contributed by atoms with Gasteiger partial charge in [0.2, 0.25) is 0 Å². The maximum Gasteiger partial charge on any atom is 0.338 e. The summed E-state index contributed by atoms with van der Waals surface area (Å²) in [6.45, 7) is 8.54. The standard InChI is InChI=1S/C23H28N2O3S/c1-4-27-14-6-13-25-21-12-11-19(22(26)28-5-2)15-20(21)24-23(25)29-16-18-9-7-17(3)8-10-18/h7-12,15H,4-6,13-14,16H2,1-3H3. The molecule has 0 amide bonds. The van der Waals surface area contributed by atoms with Crippen LogP contribution in [0.15, 0.2) is 47.6 Å². The predicted octanol–water partition coefficient (Wildman–Crippen LogP) is 5.24. The highest BCUT2D eigenvalue weighted by atomic mass is 32.2. The lowest BCUT2D eigenvalue weighted by atomic mass is 10.2. The van der Waals surface area contributed by atoms with Gasteiger partial charge < -0.3 is 14.0 Å². The van der Waals surface area contributed by atoms with E-state index in [2.05, 4.69) is 35.8 Å². The van der Waals surface area contributed by atoms with Crippen molar-refractivity contribution in [2.45, 2.75) is 44.6 Å². The first kappa shape index (κ1) is 21.4. The Bertz CT molecular complexity index is 951. The molecule has 3 rings (SSSR count). The number of aromatic nitrogens is 2. The molecule has 29 heavy (non-hydrogen) atoms. The largest absolute Gasteiger partial charge is 0.462 e. The van der Waals surface area contributed by atoms with Crippen LogP contribution in [-0.4, -0.2) is 35.3 Å². The maximum absolute atomic E-state index is 12.1. The molecule has 1 aromatic heterocycles. The highest BCUT2D eigenvalue weighted by Crippen LogP contribution is 2.28. The number of nitrogens with zero attached hydrogens (tertiary/aromatic N) is 2. The van der Waals surface area contributed by atoms with Crippen LogP contribution < -0.4 is 0 Å². The SMILES string of the molecule is CCOCCCn1c(SCc2ccc(C)cc2)nc2cc(C(=O)OCC)ccc21. The Morgan fingerprint density at radius 1 is 1.10 bits per heavy atom. The number of fused-ring (bicyclic) bond motifs is 1. The molecule has 0 atom stereocenters. The molecular weight excluding hydrogens is 384 g/mol. The fraction of sp³-hybridized carbons (Fsp3) is 0.391. The van der Waals surface area contributed by atoms with Crippen molar-refractivity contribution >= 4 is 28.8 Å². The Morgan fingerprint density at radius 3 is 2.62 bits per heavy atom. The van der Waals surface area contributed by atoms with Crippen LogP contribution in [0, 0.1) is 6.92 Å².